The molecule has 2 atom stereocenters. The second kappa shape index (κ2) is 14.4. The van der Waals surface area contributed by atoms with Crippen molar-refractivity contribution in [1.82, 2.24) is 0 Å². The van der Waals surface area contributed by atoms with Crippen LogP contribution in [0.15, 0.2) is 0 Å². The van der Waals surface area contributed by atoms with E-state index in [1.165, 1.54) is 38.5 Å². The largest absolute Gasteiger partial charge is 0.464 e. The Morgan fingerprint density at radius 1 is 1.00 bits per heavy atom. The fraction of sp³-hybridized carbons (Fsp3) is 0.960. The topological polar surface area (TPSA) is 35.5 Å². The van der Waals surface area contributed by atoms with Gasteiger partial charge < -0.3 is 9.47 Å². The molecular weight excluding hydrogens is 348 g/mol. The average Bonchev–Trinajstić information content (AvgIpc) is 3.23. The first-order valence-corrected chi connectivity index (χ1v) is 12.4. The Balaban J connectivity index is 2.90. The van der Waals surface area contributed by atoms with Gasteiger partial charge in [0.1, 0.15) is 0 Å². The molecule has 28 heavy (non-hydrogen) atoms. The summed E-state index contributed by atoms with van der Waals surface area (Å²) >= 11 is 0. The van der Waals surface area contributed by atoms with E-state index >= 15 is 0 Å². The van der Waals surface area contributed by atoms with Crippen LogP contribution >= 0.6 is 0 Å². The van der Waals surface area contributed by atoms with Gasteiger partial charge in [-0.05, 0) is 43.4 Å². The maximum atomic E-state index is 13.2. The first kappa shape index (κ1) is 25.5. The number of carbonyl (C=O) groups excluding carboxylic acids is 1. The first-order chi connectivity index (χ1) is 13.6. The van der Waals surface area contributed by atoms with E-state index in [1.807, 2.05) is 0 Å². The molecule has 1 saturated carbocycles. The van der Waals surface area contributed by atoms with Gasteiger partial charge in [0.2, 0.25) is 0 Å². The SMILES string of the molecule is CCCOC(=O)C(CC)(OCC(CC)CC)C(CCC)CCCC1CCCC1. The van der Waals surface area contributed by atoms with Crippen molar-refractivity contribution >= 4 is 5.97 Å². The zero-order valence-electron chi connectivity index (χ0n) is 19.6. The highest BCUT2D eigenvalue weighted by molar-refractivity contribution is 5.80. The summed E-state index contributed by atoms with van der Waals surface area (Å²) in [7, 11) is 0. The van der Waals surface area contributed by atoms with E-state index in [2.05, 4.69) is 34.6 Å². The maximum Gasteiger partial charge on any atom is 0.338 e. The van der Waals surface area contributed by atoms with Crippen molar-refractivity contribution in [3.8, 4) is 0 Å². The van der Waals surface area contributed by atoms with Crippen molar-refractivity contribution in [3.63, 3.8) is 0 Å². The highest BCUT2D eigenvalue weighted by Crippen LogP contribution is 2.37. The molecule has 0 N–H and O–H groups in total. The lowest BCUT2D eigenvalue weighted by atomic mass is 9.78. The smallest absolute Gasteiger partial charge is 0.338 e. The molecular formula is C25H48O3. The summed E-state index contributed by atoms with van der Waals surface area (Å²) in [6, 6.07) is 0. The molecule has 1 aliphatic rings. The van der Waals surface area contributed by atoms with Crippen LogP contribution in [0.5, 0.6) is 0 Å². The predicted molar refractivity (Wildman–Crippen MR) is 119 cm³/mol. The van der Waals surface area contributed by atoms with Crippen LogP contribution in [0.1, 0.15) is 118 Å². The Morgan fingerprint density at radius 2 is 1.68 bits per heavy atom. The first-order valence-electron chi connectivity index (χ1n) is 12.4. The van der Waals surface area contributed by atoms with E-state index in [9.17, 15) is 4.79 Å². The number of hydrogen-bond acceptors (Lipinski definition) is 3. The standard InChI is InChI=1S/C25H48O3/c1-6-14-23(18-13-17-22-15-11-12-16-22)25(10-5,24(26)27-19-7-2)28-20-21(8-3)9-4/h21-23H,6-20H2,1-5H3. The highest BCUT2D eigenvalue weighted by Gasteiger charge is 2.46. The summed E-state index contributed by atoms with van der Waals surface area (Å²) in [4.78, 5) is 13.2. The monoisotopic (exact) mass is 396 g/mol. The third-order valence-electron chi connectivity index (χ3n) is 6.98. The zero-order valence-corrected chi connectivity index (χ0v) is 19.6. The second-order valence-corrected chi connectivity index (χ2v) is 8.94. The van der Waals surface area contributed by atoms with E-state index in [1.54, 1.807) is 0 Å². The number of ether oxygens (including phenoxy) is 2. The Morgan fingerprint density at radius 3 is 2.21 bits per heavy atom. The summed E-state index contributed by atoms with van der Waals surface area (Å²) in [6.07, 6.45) is 15.1. The molecule has 0 aromatic heterocycles. The molecule has 1 rings (SSSR count). The Kier molecular flexibility index (Phi) is 13.1. The molecule has 1 aliphatic carbocycles. The van der Waals surface area contributed by atoms with Crippen LogP contribution in [0.4, 0.5) is 0 Å². The maximum absolute atomic E-state index is 13.2. The minimum Gasteiger partial charge on any atom is -0.464 e. The lowest BCUT2D eigenvalue weighted by Crippen LogP contribution is -2.50. The zero-order chi connectivity index (χ0) is 20.8. The summed E-state index contributed by atoms with van der Waals surface area (Å²) in [5.41, 5.74) is -0.760. The van der Waals surface area contributed by atoms with Gasteiger partial charge in [0.05, 0.1) is 13.2 Å². The molecule has 0 aromatic carbocycles. The van der Waals surface area contributed by atoms with Crippen molar-refractivity contribution in [1.29, 1.82) is 0 Å². The molecule has 0 amide bonds. The molecule has 0 spiro atoms. The second-order valence-electron chi connectivity index (χ2n) is 8.94. The molecule has 2 unspecified atom stereocenters. The lowest BCUT2D eigenvalue weighted by Gasteiger charge is -2.39. The molecule has 0 bridgehead atoms. The van der Waals surface area contributed by atoms with Gasteiger partial charge in [-0.15, -0.1) is 0 Å². The van der Waals surface area contributed by atoms with E-state index in [0.717, 1.165) is 44.4 Å². The average molecular weight is 397 g/mol. The van der Waals surface area contributed by atoms with Crippen molar-refractivity contribution in [2.45, 2.75) is 124 Å². The molecule has 166 valence electrons. The Bertz CT molecular complexity index is 399. The molecule has 0 saturated heterocycles. The fourth-order valence-corrected chi connectivity index (χ4v) is 4.90. The van der Waals surface area contributed by atoms with Crippen LogP contribution in [-0.2, 0) is 14.3 Å². The van der Waals surface area contributed by atoms with Gasteiger partial charge in [-0.25, -0.2) is 4.79 Å². The van der Waals surface area contributed by atoms with Crippen LogP contribution in [-0.4, -0.2) is 24.8 Å². The van der Waals surface area contributed by atoms with E-state index in [-0.39, 0.29) is 11.9 Å². The van der Waals surface area contributed by atoms with Gasteiger partial charge >= 0.3 is 5.97 Å². The predicted octanol–water partition coefficient (Wildman–Crippen LogP) is 7.32. The van der Waals surface area contributed by atoms with E-state index < -0.39 is 5.60 Å². The van der Waals surface area contributed by atoms with Crippen molar-refractivity contribution in [2.24, 2.45) is 17.8 Å². The van der Waals surface area contributed by atoms with Gasteiger partial charge in [0, 0.05) is 0 Å². The number of carbonyl (C=O) groups is 1. The van der Waals surface area contributed by atoms with Crippen molar-refractivity contribution < 1.29 is 14.3 Å². The van der Waals surface area contributed by atoms with Gasteiger partial charge in [-0.3, -0.25) is 0 Å². The summed E-state index contributed by atoms with van der Waals surface area (Å²) in [6.45, 7) is 12.0. The molecule has 0 heterocycles. The summed E-state index contributed by atoms with van der Waals surface area (Å²) in [5.74, 6) is 1.59. The van der Waals surface area contributed by atoms with Crippen LogP contribution in [0.25, 0.3) is 0 Å². The van der Waals surface area contributed by atoms with Gasteiger partial charge in [-0.1, -0.05) is 92.4 Å². The minimum absolute atomic E-state index is 0.109. The van der Waals surface area contributed by atoms with Crippen molar-refractivity contribution in [2.75, 3.05) is 13.2 Å². The fourth-order valence-electron chi connectivity index (χ4n) is 4.90. The minimum atomic E-state index is -0.760. The van der Waals surface area contributed by atoms with Gasteiger partial charge in [-0.2, -0.15) is 0 Å². The third-order valence-corrected chi connectivity index (χ3v) is 6.98. The molecule has 3 heteroatoms. The van der Waals surface area contributed by atoms with Crippen LogP contribution in [0.3, 0.4) is 0 Å². The number of hydrogen-bond donors (Lipinski definition) is 0. The van der Waals surface area contributed by atoms with Crippen molar-refractivity contribution in [3.05, 3.63) is 0 Å². The number of esters is 1. The van der Waals surface area contributed by atoms with Crippen LogP contribution in [0.2, 0.25) is 0 Å². The Hall–Kier alpha value is -0.570. The van der Waals surface area contributed by atoms with E-state index in [4.69, 9.17) is 9.47 Å². The highest BCUT2D eigenvalue weighted by atomic mass is 16.6. The normalized spacial score (nSPS) is 18.4. The molecule has 3 nitrogen and oxygen atoms in total. The quantitative estimate of drug-likeness (QED) is 0.256. The number of rotatable bonds is 16. The summed E-state index contributed by atoms with van der Waals surface area (Å²) < 4.78 is 12.2. The lowest BCUT2D eigenvalue weighted by molar-refractivity contribution is -0.186. The Labute approximate surface area is 175 Å². The van der Waals surface area contributed by atoms with Crippen LogP contribution in [0, 0.1) is 17.8 Å². The van der Waals surface area contributed by atoms with Crippen LogP contribution < -0.4 is 0 Å². The molecule has 0 radical (unpaired) electrons. The van der Waals surface area contributed by atoms with Gasteiger partial charge in [0.25, 0.3) is 0 Å². The van der Waals surface area contributed by atoms with E-state index in [0.29, 0.717) is 25.6 Å². The third kappa shape index (κ3) is 7.69. The molecule has 0 aromatic rings. The molecule has 1 fully saturated rings. The summed E-state index contributed by atoms with van der Waals surface area (Å²) in [5, 5.41) is 0. The molecule has 0 aliphatic heterocycles. The van der Waals surface area contributed by atoms with Gasteiger partial charge in [0.15, 0.2) is 5.60 Å².